The summed E-state index contributed by atoms with van der Waals surface area (Å²) in [4.78, 5) is 12.3. The molecule has 0 atom stereocenters. The van der Waals surface area contributed by atoms with Crippen LogP contribution in [0.2, 0.25) is 0 Å². The smallest absolute Gasteiger partial charge is 0.335 e. The maximum atomic E-state index is 13.2. The molecule has 0 saturated heterocycles. The normalized spacial score (nSPS) is 12.1. The summed E-state index contributed by atoms with van der Waals surface area (Å²) >= 11 is 1.34. The Morgan fingerprint density at radius 3 is 2.50 bits per heavy atom. The van der Waals surface area contributed by atoms with Crippen molar-refractivity contribution in [3.8, 4) is 11.5 Å². The predicted octanol–water partition coefficient (Wildman–Crippen LogP) is 4.18. The van der Waals surface area contributed by atoms with Gasteiger partial charge in [0, 0.05) is 0 Å². The highest BCUT2D eigenvalue weighted by Gasteiger charge is 2.20. The molecule has 0 radical (unpaired) electrons. The van der Waals surface area contributed by atoms with Gasteiger partial charge in [0.25, 0.3) is 0 Å². The summed E-state index contributed by atoms with van der Waals surface area (Å²) in [7, 11) is 0. The second-order valence-corrected chi connectivity index (χ2v) is 5.32. The first kappa shape index (κ1) is 12.7. The van der Waals surface area contributed by atoms with E-state index in [9.17, 15) is 9.18 Å². The molecule has 0 bridgehead atoms. The van der Waals surface area contributed by atoms with Crippen LogP contribution in [0.1, 0.15) is 5.56 Å². The predicted molar refractivity (Wildman–Crippen MR) is 73.7 cm³/mol. The highest BCUT2D eigenvalue weighted by molar-refractivity contribution is 7.99. The minimum atomic E-state index is -1.07. The van der Waals surface area contributed by atoms with E-state index in [1.165, 1.54) is 23.9 Å². The van der Waals surface area contributed by atoms with Crippen molar-refractivity contribution < 1.29 is 19.0 Å². The van der Waals surface area contributed by atoms with Crippen LogP contribution in [0.15, 0.2) is 52.8 Å². The maximum absolute atomic E-state index is 13.2. The van der Waals surface area contributed by atoms with Crippen LogP contribution in [0, 0.1) is 5.82 Å². The summed E-state index contributed by atoms with van der Waals surface area (Å²) in [6.45, 7) is 3.52. The fourth-order valence-corrected chi connectivity index (χ4v) is 2.88. The number of halogens is 1. The van der Waals surface area contributed by atoms with E-state index in [4.69, 9.17) is 9.84 Å². The van der Waals surface area contributed by atoms with Crippen molar-refractivity contribution in [2.24, 2.45) is 0 Å². The van der Waals surface area contributed by atoms with Crippen molar-refractivity contribution in [3.05, 3.63) is 54.4 Å². The van der Waals surface area contributed by atoms with E-state index < -0.39 is 5.97 Å². The van der Waals surface area contributed by atoms with Crippen LogP contribution in [-0.2, 0) is 4.79 Å². The summed E-state index contributed by atoms with van der Waals surface area (Å²) in [5.41, 5.74) is 0.519. The second-order valence-electron chi connectivity index (χ2n) is 4.24. The number of ether oxygens (including phenoxy) is 1. The van der Waals surface area contributed by atoms with Gasteiger partial charge in [0.2, 0.25) is 0 Å². The average molecular weight is 288 g/mol. The van der Waals surface area contributed by atoms with Crippen LogP contribution in [0.25, 0.3) is 5.57 Å². The number of aliphatic carboxylic acids is 1. The second kappa shape index (κ2) is 4.68. The largest absolute Gasteiger partial charge is 0.478 e. The lowest BCUT2D eigenvalue weighted by Crippen LogP contribution is -2.00. The van der Waals surface area contributed by atoms with Gasteiger partial charge in [0.15, 0.2) is 0 Å². The molecule has 0 aromatic heterocycles. The maximum Gasteiger partial charge on any atom is 0.335 e. The van der Waals surface area contributed by atoms with E-state index in [2.05, 4.69) is 6.58 Å². The van der Waals surface area contributed by atoms with E-state index >= 15 is 0 Å². The number of hydrogen-bond acceptors (Lipinski definition) is 3. The highest BCUT2D eigenvalue weighted by Crippen LogP contribution is 2.47. The first-order valence-corrected chi connectivity index (χ1v) is 6.58. The van der Waals surface area contributed by atoms with E-state index in [1.54, 1.807) is 24.3 Å². The molecule has 0 saturated carbocycles. The van der Waals surface area contributed by atoms with Gasteiger partial charge in [-0.1, -0.05) is 24.4 Å². The number of fused-ring (bicyclic) bond motifs is 2. The number of carboxylic acids is 1. The third-order valence-corrected chi connectivity index (χ3v) is 3.97. The van der Waals surface area contributed by atoms with Crippen LogP contribution >= 0.6 is 11.8 Å². The van der Waals surface area contributed by atoms with Crippen molar-refractivity contribution in [3.63, 3.8) is 0 Å². The van der Waals surface area contributed by atoms with Crippen molar-refractivity contribution in [2.45, 2.75) is 9.79 Å². The molecule has 1 aliphatic heterocycles. The molecule has 0 fully saturated rings. The summed E-state index contributed by atoms with van der Waals surface area (Å²) in [6, 6.07) is 9.32. The number of benzene rings is 2. The number of carbonyl (C=O) groups is 1. The molecule has 1 heterocycles. The monoisotopic (exact) mass is 288 g/mol. The van der Waals surface area contributed by atoms with Gasteiger partial charge in [-0.25, -0.2) is 9.18 Å². The van der Waals surface area contributed by atoms with Crippen LogP contribution < -0.4 is 4.74 Å². The molecular formula is C15H9FO3S. The van der Waals surface area contributed by atoms with Gasteiger partial charge in [0.05, 0.1) is 15.4 Å². The third-order valence-electron chi connectivity index (χ3n) is 2.90. The number of hydrogen-bond donors (Lipinski definition) is 1. The van der Waals surface area contributed by atoms with Crippen LogP contribution in [0.5, 0.6) is 11.5 Å². The Morgan fingerprint density at radius 1 is 1.15 bits per heavy atom. The molecule has 0 spiro atoms. The molecule has 2 aromatic rings. The zero-order chi connectivity index (χ0) is 14.3. The topological polar surface area (TPSA) is 46.5 Å². The van der Waals surface area contributed by atoms with Crippen molar-refractivity contribution in [1.29, 1.82) is 0 Å². The lowest BCUT2D eigenvalue weighted by atomic mass is 10.1. The quantitative estimate of drug-likeness (QED) is 0.719. The molecule has 3 nitrogen and oxygen atoms in total. The molecule has 0 unspecified atom stereocenters. The zero-order valence-electron chi connectivity index (χ0n) is 10.2. The zero-order valence-corrected chi connectivity index (χ0v) is 11.0. The number of rotatable bonds is 2. The Balaban J connectivity index is 2.01. The van der Waals surface area contributed by atoms with Crippen molar-refractivity contribution in [2.75, 3.05) is 0 Å². The molecule has 20 heavy (non-hydrogen) atoms. The van der Waals surface area contributed by atoms with E-state index in [-0.39, 0.29) is 11.4 Å². The van der Waals surface area contributed by atoms with Gasteiger partial charge in [-0.3, -0.25) is 0 Å². The van der Waals surface area contributed by atoms with Gasteiger partial charge in [-0.05, 0) is 35.9 Å². The minimum absolute atomic E-state index is 0.0124. The van der Waals surface area contributed by atoms with Crippen LogP contribution in [-0.4, -0.2) is 11.1 Å². The van der Waals surface area contributed by atoms with E-state index in [0.717, 1.165) is 4.90 Å². The van der Waals surface area contributed by atoms with Crippen molar-refractivity contribution >= 4 is 23.3 Å². The first-order valence-electron chi connectivity index (χ1n) is 5.76. The average Bonchev–Trinajstić information content (AvgIpc) is 2.43. The van der Waals surface area contributed by atoms with Gasteiger partial charge < -0.3 is 9.84 Å². The summed E-state index contributed by atoms with van der Waals surface area (Å²) in [6.07, 6.45) is 0. The Labute approximate surface area is 118 Å². The van der Waals surface area contributed by atoms with Crippen LogP contribution in [0.3, 0.4) is 0 Å². The lowest BCUT2D eigenvalue weighted by molar-refractivity contribution is -0.130. The molecule has 0 amide bonds. The molecule has 5 heteroatoms. The molecular weight excluding hydrogens is 279 g/mol. The molecule has 1 N–H and O–H groups in total. The van der Waals surface area contributed by atoms with E-state index in [1.807, 2.05) is 0 Å². The van der Waals surface area contributed by atoms with E-state index in [0.29, 0.717) is 22.0 Å². The molecule has 0 aliphatic carbocycles. The van der Waals surface area contributed by atoms with Gasteiger partial charge >= 0.3 is 5.97 Å². The summed E-state index contributed by atoms with van der Waals surface area (Å²) < 4.78 is 18.9. The SMILES string of the molecule is C=C(C(=O)O)c1ccc2c(c1)Sc1cc(F)ccc1O2. The first-order chi connectivity index (χ1) is 9.54. The Morgan fingerprint density at radius 2 is 1.80 bits per heavy atom. The Hall–Kier alpha value is -2.27. The summed E-state index contributed by atoms with van der Waals surface area (Å²) in [5, 5.41) is 8.95. The van der Waals surface area contributed by atoms with Gasteiger partial charge in [0.1, 0.15) is 17.3 Å². The van der Waals surface area contributed by atoms with Crippen LogP contribution in [0.4, 0.5) is 4.39 Å². The Kier molecular flexibility index (Phi) is 2.99. The highest BCUT2D eigenvalue weighted by atomic mass is 32.2. The standard InChI is InChI=1S/C15H9FO3S/c1-8(15(17)18)9-2-4-11-13(6-9)20-14-7-10(16)3-5-12(14)19-11/h2-7H,1H2,(H,17,18). The lowest BCUT2D eigenvalue weighted by Gasteiger charge is -2.20. The van der Waals surface area contributed by atoms with Gasteiger partial charge in [-0.2, -0.15) is 0 Å². The molecule has 3 rings (SSSR count). The fraction of sp³-hybridized carbons (Fsp3) is 0. The molecule has 100 valence electrons. The molecule has 1 aliphatic rings. The minimum Gasteiger partial charge on any atom is -0.478 e. The molecule has 2 aromatic carbocycles. The fourth-order valence-electron chi connectivity index (χ4n) is 1.87. The third kappa shape index (κ3) is 2.16. The van der Waals surface area contributed by atoms with Crippen molar-refractivity contribution in [1.82, 2.24) is 0 Å². The summed E-state index contributed by atoms with van der Waals surface area (Å²) in [5.74, 6) is -0.197. The Bertz CT molecular complexity index is 740. The number of carboxylic acid groups (broad SMARTS) is 1. The van der Waals surface area contributed by atoms with Gasteiger partial charge in [-0.15, -0.1) is 0 Å².